The third-order valence-electron chi connectivity index (χ3n) is 11.5. The van der Waals surface area contributed by atoms with Crippen molar-refractivity contribution < 1.29 is 0 Å². The van der Waals surface area contributed by atoms with Gasteiger partial charge in [0.2, 0.25) is 0 Å². The summed E-state index contributed by atoms with van der Waals surface area (Å²) >= 11 is 0. The maximum absolute atomic E-state index is 5.13. The summed E-state index contributed by atoms with van der Waals surface area (Å²) in [6.45, 7) is 4.08. The molecule has 0 saturated carbocycles. The summed E-state index contributed by atoms with van der Waals surface area (Å²) in [7, 11) is 0. The second-order valence-electron chi connectivity index (χ2n) is 15.7. The first kappa shape index (κ1) is 36.8. The van der Waals surface area contributed by atoms with Gasteiger partial charge in [-0.15, -0.1) is 0 Å². The summed E-state index contributed by atoms with van der Waals surface area (Å²) in [4.78, 5) is 29.7. The fraction of sp³-hybridized carbons (Fsp3) is 0.0357. The highest BCUT2D eigenvalue weighted by Crippen LogP contribution is 2.36. The van der Waals surface area contributed by atoms with Crippen LogP contribution in [0.25, 0.3) is 111 Å². The van der Waals surface area contributed by atoms with Crippen LogP contribution in [0.1, 0.15) is 11.4 Å². The van der Waals surface area contributed by atoms with Crippen molar-refractivity contribution >= 4 is 32.7 Å². The van der Waals surface area contributed by atoms with Crippen LogP contribution in [0.5, 0.6) is 0 Å². The van der Waals surface area contributed by atoms with E-state index >= 15 is 0 Å². The van der Waals surface area contributed by atoms with Crippen LogP contribution in [0.3, 0.4) is 0 Å². The predicted molar refractivity (Wildman–Crippen MR) is 253 cm³/mol. The van der Waals surface area contributed by atoms with Crippen molar-refractivity contribution in [1.29, 1.82) is 0 Å². The lowest BCUT2D eigenvalue weighted by Gasteiger charge is -2.12. The normalized spacial score (nSPS) is 11.4. The Balaban J connectivity index is 0.939. The molecule has 0 fully saturated rings. The average molecular weight is 795 g/mol. The number of fused-ring (bicyclic) bond motifs is 4. The Morgan fingerprint density at radius 3 is 1.56 bits per heavy atom. The van der Waals surface area contributed by atoms with E-state index < -0.39 is 0 Å². The number of nitrogens with zero attached hydrogens (tertiary/aromatic N) is 6. The van der Waals surface area contributed by atoms with Crippen molar-refractivity contribution in [2.75, 3.05) is 0 Å². The van der Waals surface area contributed by atoms with Gasteiger partial charge in [0, 0.05) is 56.0 Å². The Morgan fingerprint density at radius 1 is 0.290 bits per heavy atom. The number of hydrogen-bond acceptors (Lipinski definition) is 6. The fourth-order valence-electron chi connectivity index (χ4n) is 8.41. The molecule has 4 heterocycles. The number of aryl methyl sites for hydroxylation is 2. The van der Waals surface area contributed by atoms with Crippen molar-refractivity contribution in [3.8, 4) is 78.7 Å². The van der Waals surface area contributed by atoms with Crippen molar-refractivity contribution in [3.63, 3.8) is 0 Å². The largest absolute Gasteiger partial charge is 0.256 e. The lowest BCUT2D eigenvalue weighted by molar-refractivity contribution is 1.07. The Bertz CT molecular complexity index is 3480. The summed E-state index contributed by atoms with van der Waals surface area (Å²) in [5, 5.41) is 3.29. The number of aromatic nitrogens is 6. The molecule has 0 amide bonds. The Hall–Kier alpha value is -8.22. The van der Waals surface area contributed by atoms with Crippen LogP contribution in [0.15, 0.2) is 194 Å². The molecule has 0 aliphatic rings. The molecule has 0 N–H and O–H groups in total. The van der Waals surface area contributed by atoms with Gasteiger partial charge in [-0.05, 0) is 89.2 Å². The minimum Gasteiger partial charge on any atom is -0.256 e. The molecule has 0 unspecified atom stereocenters. The Morgan fingerprint density at radius 2 is 0.823 bits per heavy atom. The Kier molecular flexibility index (Phi) is 9.16. The van der Waals surface area contributed by atoms with Crippen molar-refractivity contribution in [2.24, 2.45) is 0 Å². The van der Waals surface area contributed by atoms with Gasteiger partial charge in [0.05, 0.1) is 16.6 Å². The monoisotopic (exact) mass is 794 g/mol. The van der Waals surface area contributed by atoms with Gasteiger partial charge < -0.3 is 0 Å². The second-order valence-corrected chi connectivity index (χ2v) is 15.7. The molecule has 0 aliphatic heterocycles. The molecule has 0 aliphatic carbocycles. The number of benzene rings is 7. The molecule has 6 heteroatoms. The molecular weight excluding hydrogens is 757 g/mol. The van der Waals surface area contributed by atoms with Crippen LogP contribution in [-0.2, 0) is 0 Å². The van der Waals surface area contributed by atoms with Crippen molar-refractivity contribution in [3.05, 3.63) is 206 Å². The van der Waals surface area contributed by atoms with E-state index in [0.29, 0.717) is 17.5 Å². The smallest absolute Gasteiger partial charge is 0.164 e. The van der Waals surface area contributed by atoms with Gasteiger partial charge in [0.15, 0.2) is 17.5 Å². The van der Waals surface area contributed by atoms with Crippen LogP contribution in [0.4, 0.5) is 0 Å². The van der Waals surface area contributed by atoms with E-state index in [9.17, 15) is 0 Å². The topological polar surface area (TPSA) is 77.3 Å². The molecule has 292 valence electrons. The van der Waals surface area contributed by atoms with E-state index in [1.165, 1.54) is 0 Å². The molecule has 6 nitrogen and oxygen atoms in total. The van der Waals surface area contributed by atoms with Gasteiger partial charge in [0.25, 0.3) is 0 Å². The third kappa shape index (κ3) is 6.93. The predicted octanol–water partition coefficient (Wildman–Crippen LogP) is 13.8. The lowest BCUT2D eigenvalue weighted by Crippen LogP contribution is -2.00. The van der Waals surface area contributed by atoms with Crippen LogP contribution in [0.2, 0.25) is 0 Å². The molecule has 11 aromatic rings. The zero-order valence-electron chi connectivity index (χ0n) is 34.2. The van der Waals surface area contributed by atoms with E-state index in [4.69, 9.17) is 29.9 Å². The molecular formula is C56H38N6. The maximum atomic E-state index is 5.13. The zero-order valence-corrected chi connectivity index (χ0v) is 34.2. The minimum atomic E-state index is 0.606. The van der Waals surface area contributed by atoms with E-state index in [1.54, 1.807) is 0 Å². The van der Waals surface area contributed by atoms with Crippen LogP contribution >= 0.6 is 0 Å². The third-order valence-corrected chi connectivity index (χ3v) is 11.5. The molecule has 0 radical (unpaired) electrons. The van der Waals surface area contributed by atoms with Crippen LogP contribution < -0.4 is 0 Å². The van der Waals surface area contributed by atoms with Crippen LogP contribution in [-0.4, -0.2) is 29.9 Å². The summed E-state index contributed by atoms with van der Waals surface area (Å²) in [6, 6.07) is 65.5. The molecule has 62 heavy (non-hydrogen) atoms. The molecule has 0 saturated heterocycles. The van der Waals surface area contributed by atoms with Gasteiger partial charge in [-0.25, -0.2) is 15.0 Å². The van der Waals surface area contributed by atoms with Crippen LogP contribution in [0, 0.1) is 13.8 Å². The van der Waals surface area contributed by atoms with Gasteiger partial charge >= 0.3 is 0 Å². The van der Waals surface area contributed by atoms with E-state index in [1.807, 2.05) is 49.5 Å². The van der Waals surface area contributed by atoms with Gasteiger partial charge in [-0.1, -0.05) is 152 Å². The minimum absolute atomic E-state index is 0.606. The van der Waals surface area contributed by atoms with Gasteiger partial charge in [0.1, 0.15) is 0 Å². The molecule has 11 rings (SSSR count). The standard InChI is InChI=1S/C56H38N6/c1-35-22-23-40-28-29-49-50(31-36(2)59-53(49)52(40)58-35)38-26-24-37(25-27-38)42-14-6-15-43(32-42)44-16-7-18-46(33-44)55-60-54(41-11-4-3-5-12-41)61-56(62-55)47-19-8-17-45(34-47)48-21-9-13-39-20-10-30-57-51(39)48/h3-34H,1-2H3. The van der Waals surface area contributed by atoms with Gasteiger partial charge in [-0.2, -0.15) is 0 Å². The summed E-state index contributed by atoms with van der Waals surface area (Å²) < 4.78 is 0. The Labute approximate surface area is 359 Å². The average Bonchev–Trinajstić information content (AvgIpc) is 3.34. The molecule has 0 atom stereocenters. The van der Waals surface area contributed by atoms with E-state index in [2.05, 4.69) is 159 Å². The number of pyridine rings is 3. The molecule has 0 bridgehead atoms. The highest BCUT2D eigenvalue weighted by Gasteiger charge is 2.16. The summed E-state index contributed by atoms with van der Waals surface area (Å²) in [5.41, 5.74) is 16.4. The summed E-state index contributed by atoms with van der Waals surface area (Å²) in [6.07, 6.45) is 1.84. The number of rotatable bonds is 7. The SMILES string of the molecule is Cc1ccc2ccc3c(-c4ccc(-c5cccc(-c6cccc(-c7nc(-c8ccccc8)nc(-c8cccc(-c9cccc%10cccnc9%10)c8)n7)c6)c5)cc4)cc(C)nc3c2n1. The molecule has 7 aromatic carbocycles. The maximum Gasteiger partial charge on any atom is 0.164 e. The highest BCUT2D eigenvalue weighted by molar-refractivity contribution is 6.08. The fourth-order valence-corrected chi connectivity index (χ4v) is 8.41. The lowest BCUT2D eigenvalue weighted by atomic mass is 9.95. The number of para-hydroxylation sites is 1. The van der Waals surface area contributed by atoms with E-state index in [-0.39, 0.29) is 0 Å². The quantitative estimate of drug-likeness (QED) is 0.150. The van der Waals surface area contributed by atoms with Crippen molar-refractivity contribution in [2.45, 2.75) is 13.8 Å². The first-order valence-electron chi connectivity index (χ1n) is 20.8. The first-order chi connectivity index (χ1) is 30.5. The highest BCUT2D eigenvalue weighted by atomic mass is 15.0. The summed E-state index contributed by atoms with van der Waals surface area (Å²) in [5.74, 6) is 1.83. The van der Waals surface area contributed by atoms with Crippen molar-refractivity contribution in [1.82, 2.24) is 29.9 Å². The molecule has 0 spiro atoms. The second kappa shape index (κ2) is 15.4. The van der Waals surface area contributed by atoms with Gasteiger partial charge in [-0.3, -0.25) is 15.0 Å². The molecule has 4 aromatic heterocycles. The van der Waals surface area contributed by atoms with E-state index in [0.717, 1.165) is 105 Å². The first-order valence-corrected chi connectivity index (χ1v) is 20.8. The number of hydrogen-bond donors (Lipinski definition) is 0. The zero-order chi connectivity index (χ0) is 41.6.